The van der Waals surface area contributed by atoms with Gasteiger partial charge in [0.1, 0.15) is 4.60 Å². The Labute approximate surface area is 101 Å². The minimum Gasteiger partial charge on any atom is -0.464 e. The van der Waals surface area contributed by atoms with Crippen molar-refractivity contribution in [1.29, 1.82) is 0 Å². The molecule has 6 heteroatoms. The minimum atomic E-state index is -1.87. The van der Waals surface area contributed by atoms with E-state index in [1.807, 2.05) is 0 Å². The second kappa shape index (κ2) is 5.91. The van der Waals surface area contributed by atoms with Crippen molar-refractivity contribution >= 4 is 21.9 Å². The molecule has 1 rings (SSSR count). The zero-order valence-corrected chi connectivity index (χ0v) is 10.3. The summed E-state index contributed by atoms with van der Waals surface area (Å²) in [4.78, 5) is 15.0. The highest BCUT2D eigenvalue weighted by atomic mass is 79.9. The van der Waals surface area contributed by atoms with Gasteiger partial charge in [0.25, 0.3) is 0 Å². The standard InChI is InChI=1S/C10H12BrFN2O2/c1-2-16-10(15)8(12)9(13)6-3-4-14-7(11)5-6/h3-5,8-9H,2,13H2,1H3/t8?,9-/m0/s1. The molecule has 1 unspecified atom stereocenters. The van der Waals surface area contributed by atoms with E-state index in [0.29, 0.717) is 10.2 Å². The summed E-state index contributed by atoms with van der Waals surface area (Å²) in [6.45, 7) is 1.74. The van der Waals surface area contributed by atoms with Crippen LogP contribution in [0.4, 0.5) is 4.39 Å². The van der Waals surface area contributed by atoms with Crippen molar-refractivity contribution in [3.8, 4) is 0 Å². The summed E-state index contributed by atoms with van der Waals surface area (Å²) in [5.74, 6) is -0.942. The number of nitrogens with zero attached hydrogens (tertiary/aromatic N) is 1. The van der Waals surface area contributed by atoms with Crippen LogP contribution >= 0.6 is 15.9 Å². The first-order chi connectivity index (χ1) is 7.56. The van der Waals surface area contributed by atoms with E-state index in [0.717, 1.165) is 0 Å². The van der Waals surface area contributed by atoms with Gasteiger partial charge in [0, 0.05) is 6.20 Å². The van der Waals surface area contributed by atoms with E-state index >= 15 is 0 Å². The molecular formula is C10H12BrFN2O2. The lowest BCUT2D eigenvalue weighted by Gasteiger charge is -2.15. The normalized spacial score (nSPS) is 14.2. The number of carbonyl (C=O) groups excluding carboxylic acids is 1. The van der Waals surface area contributed by atoms with E-state index in [-0.39, 0.29) is 6.61 Å². The Kier molecular flexibility index (Phi) is 4.82. The molecular weight excluding hydrogens is 279 g/mol. The molecule has 0 bridgehead atoms. The molecule has 16 heavy (non-hydrogen) atoms. The van der Waals surface area contributed by atoms with Crippen LogP contribution in [0.2, 0.25) is 0 Å². The Morgan fingerprint density at radius 3 is 3.00 bits per heavy atom. The molecule has 0 spiro atoms. The molecule has 0 radical (unpaired) electrons. The number of ether oxygens (including phenoxy) is 1. The van der Waals surface area contributed by atoms with Crippen LogP contribution in [0, 0.1) is 0 Å². The Hall–Kier alpha value is -1.01. The van der Waals surface area contributed by atoms with E-state index in [2.05, 4.69) is 25.7 Å². The van der Waals surface area contributed by atoms with Gasteiger partial charge >= 0.3 is 5.97 Å². The van der Waals surface area contributed by atoms with Crippen LogP contribution in [0.5, 0.6) is 0 Å². The molecule has 88 valence electrons. The van der Waals surface area contributed by atoms with Crippen molar-refractivity contribution in [2.24, 2.45) is 5.73 Å². The molecule has 1 heterocycles. The van der Waals surface area contributed by atoms with Gasteiger partial charge in [0.15, 0.2) is 0 Å². The van der Waals surface area contributed by atoms with Gasteiger partial charge in [-0.25, -0.2) is 14.2 Å². The zero-order valence-electron chi connectivity index (χ0n) is 8.69. The summed E-state index contributed by atoms with van der Waals surface area (Å²) in [6, 6.07) is 2.08. The van der Waals surface area contributed by atoms with Gasteiger partial charge in [-0.2, -0.15) is 0 Å². The predicted octanol–water partition coefficient (Wildman–Crippen LogP) is 1.75. The number of carbonyl (C=O) groups is 1. The lowest BCUT2D eigenvalue weighted by Crippen LogP contribution is -2.31. The number of nitrogens with two attached hydrogens (primary N) is 1. The Morgan fingerprint density at radius 1 is 1.75 bits per heavy atom. The van der Waals surface area contributed by atoms with Gasteiger partial charge < -0.3 is 10.5 Å². The van der Waals surface area contributed by atoms with Crippen molar-refractivity contribution in [3.05, 3.63) is 28.5 Å². The molecule has 2 atom stereocenters. The molecule has 1 aromatic rings. The van der Waals surface area contributed by atoms with Crippen molar-refractivity contribution in [1.82, 2.24) is 4.98 Å². The monoisotopic (exact) mass is 290 g/mol. The zero-order chi connectivity index (χ0) is 12.1. The van der Waals surface area contributed by atoms with E-state index in [1.165, 1.54) is 6.20 Å². The molecule has 0 aliphatic rings. The second-order valence-corrected chi connectivity index (χ2v) is 3.90. The van der Waals surface area contributed by atoms with Gasteiger partial charge in [0.2, 0.25) is 6.17 Å². The van der Waals surface area contributed by atoms with Crippen LogP contribution in [0.25, 0.3) is 0 Å². The van der Waals surface area contributed by atoms with Crippen LogP contribution in [0.3, 0.4) is 0 Å². The van der Waals surface area contributed by atoms with Gasteiger partial charge in [-0.1, -0.05) is 0 Å². The molecule has 2 N–H and O–H groups in total. The maximum Gasteiger partial charge on any atom is 0.342 e. The molecule has 0 saturated carbocycles. The SMILES string of the molecule is CCOC(=O)C(F)[C@@H](N)c1ccnc(Br)c1. The summed E-state index contributed by atoms with van der Waals surface area (Å²) < 4.78 is 18.7. The van der Waals surface area contributed by atoms with E-state index in [1.54, 1.807) is 19.1 Å². The number of hydrogen-bond acceptors (Lipinski definition) is 4. The fourth-order valence-electron chi connectivity index (χ4n) is 1.16. The van der Waals surface area contributed by atoms with Crippen LogP contribution in [-0.4, -0.2) is 23.7 Å². The number of hydrogen-bond donors (Lipinski definition) is 1. The highest BCUT2D eigenvalue weighted by molar-refractivity contribution is 9.10. The third kappa shape index (κ3) is 3.24. The average Bonchev–Trinajstić information content (AvgIpc) is 2.27. The molecule has 0 fully saturated rings. The molecule has 0 aliphatic heterocycles. The number of esters is 1. The Balaban J connectivity index is 2.77. The number of rotatable bonds is 4. The second-order valence-electron chi connectivity index (χ2n) is 3.09. The minimum absolute atomic E-state index is 0.131. The van der Waals surface area contributed by atoms with E-state index < -0.39 is 18.2 Å². The van der Waals surface area contributed by atoms with Crippen LogP contribution in [0.15, 0.2) is 22.9 Å². The van der Waals surface area contributed by atoms with Crippen molar-refractivity contribution in [2.75, 3.05) is 6.61 Å². The van der Waals surface area contributed by atoms with Crippen LogP contribution in [-0.2, 0) is 9.53 Å². The van der Waals surface area contributed by atoms with Gasteiger partial charge in [-0.15, -0.1) is 0 Å². The summed E-state index contributed by atoms with van der Waals surface area (Å²) in [7, 11) is 0. The Morgan fingerprint density at radius 2 is 2.44 bits per heavy atom. The number of aromatic nitrogens is 1. The topological polar surface area (TPSA) is 65.2 Å². The van der Waals surface area contributed by atoms with Crippen molar-refractivity contribution in [3.63, 3.8) is 0 Å². The maximum atomic E-state index is 13.6. The Bertz CT molecular complexity index is 376. The lowest BCUT2D eigenvalue weighted by atomic mass is 10.1. The summed E-state index contributed by atoms with van der Waals surface area (Å²) in [6.07, 6.45) is -0.383. The molecule has 4 nitrogen and oxygen atoms in total. The molecule has 0 saturated heterocycles. The maximum absolute atomic E-state index is 13.6. The average molecular weight is 291 g/mol. The fraction of sp³-hybridized carbons (Fsp3) is 0.400. The van der Waals surface area contributed by atoms with Gasteiger partial charge in [0.05, 0.1) is 12.6 Å². The molecule has 0 amide bonds. The summed E-state index contributed by atoms with van der Waals surface area (Å²) in [5, 5.41) is 0. The number of alkyl halides is 1. The summed E-state index contributed by atoms with van der Waals surface area (Å²) >= 11 is 3.14. The quantitative estimate of drug-likeness (QED) is 0.678. The van der Waals surface area contributed by atoms with Gasteiger partial charge in [-0.3, -0.25) is 0 Å². The van der Waals surface area contributed by atoms with Crippen molar-refractivity contribution < 1.29 is 13.9 Å². The van der Waals surface area contributed by atoms with Crippen LogP contribution < -0.4 is 5.73 Å². The first kappa shape index (κ1) is 13.1. The lowest BCUT2D eigenvalue weighted by molar-refractivity contribution is -0.149. The van der Waals surface area contributed by atoms with Gasteiger partial charge in [-0.05, 0) is 40.5 Å². The summed E-state index contributed by atoms with van der Waals surface area (Å²) in [5.41, 5.74) is 6.10. The first-order valence-electron chi connectivity index (χ1n) is 4.74. The van der Waals surface area contributed by atoms with Crippen molar-refractivity contribution in [2.45, 2.75) is 19.1 Å². The highest BCUT2D eigenvalue weighted by Gasteiger charge is 2.27. The molecule has 0 aromatic carbocycles. The fourth-order valence-corrected chi connectivity index (χ4v) is 1.54. The smallest absolute Gasteiger partial charge is 0.342 e. The molecule has 0 aliphatic carbocycles. The third-order valence-corrected chi connectivity index (χ3v) is 2.40. The first-order valence-corrected chi connectivity index (χ1v) is 5.53. The largest absolute Gasteiger partial charge is 0.464 e. The predicted molar refractivity (Wildman–Crippen MR) is 60.4 cm³/mol. The van der Waals surface area contributed by atoms with Crippen LogP contribution in [0.1, 0.15) is 18.5 Å². The number of halogens is 2. The highest BCUT2D eigenvalue weighted by Crippen LogP contribution is 2.20. The van der Waals surface area contributed by atoms with E-state index in [4.69, 9.17) is 5.73 Å². The molecule has 1 aromatic heterocycles. The third-order valence-electron chi connectivity index (χ3n) is 1.96. The van der Waals surface area contributed by atoms with E-state index in [9.17, 15) is 9.18 Å². The number of pyridine rings is 1.